The van der Waals surface area contributed by atoms with Crippen LogP contribution in [0.3, 0.4) is 0 Å². The van der Waals surface area contributed by atoms with Crippen molar-refractivity contribution in [3.05, 3.63) is 40.6 Å². The third-order valence-electron chi connectivity index (χ3n) is 4.15. The van der Waals surface area contributed by atoms with Gasteiger partial charge in [0.2, 0.25) is 5.91 Å². The standard InChI is InChI=1S/C19H22N2O3S/c1-4-8-21-15-6-5-14(20-17(22)13-7-9-25-11-13)10-16(15)24-12-19(2,3)18(21)23/h5-7,9-11H,4,8,12H2,1-3H3,(H,20,22). The van der Waals surface area contributed by atoms with Crippen LogP contribution in [0.1, 0.15) is 37.6 Å². The van der Waals surface area contributed by atoms with Gasteiger partial charge in [0.15, 0.2) is 0 Å². The van der Waals surface area contributed by atoms with Crippen LogP contribution in [0.4, 0.5) is 11.4 Å². The van der Waals surface area contributed by atoms with E-state index in [9.17, 15) is 9.59 Å². The van der Waals surface area contributed by atoms with Gasteiger partial charge in [0.1, 0.15) is 12.4 Å². The zero-order valence-electron chi connectivity index (χ0n) is 14.7. The first-order valence-corrected chi connectivity index (χ1v) is 9.29. The van der Waals surface area contributed by atoms with Crippen molar-refractivity contribution < 1.29 is 14.3 Å². The van der Waals surface area contributed by atoms with Crippen molar-refractivity contribution in [3.8, 4) is 5.75 Å². The van der Waals surface area contributed by atoms with Gasteiger partial charge in [0.05, 0.1) is 16.7 Å². The van der Waals surface area contributed by atoms with Crippen LogP contribution in [-0.4, -0.2) is 25.0 Å². The van der Waals surface area contributed by atoms with Crippen LogP contribution in [0.15, 0.2) is 35.0 Å². The van der Waals surface area contributed by atoms with Gasteiger partial charge in [0, 0.05) is 23.7 Å². The summed E-state index contributed by atoms with van der Waals surface area (Å²) in [5.74, 6) is 0.523. The van der Waals surface area contributed by atoms with E-state index in [0.29, 0.717) is 30.2 Å². The van der Waals surface area contributed by atoms with Gasteiger partial charge in [-0.2, -0.15) is 11.3 Å². The molecule has 1 aliphatic rings. The topological polar surface area (TPSA) is 58.6 Å². The number of ether oxygens (including phenoxy) is 1. The zero-order chi connectivity index (χ0) is 18.0. The number of anilines is 2. The number of benzene rings is 1. The smallest absolute Gasteiger partial charge is 0.256 e. The molecule has 0 saturated carbocycles. The van der Waals surface area contributed by atoms with E-state index in [2.05, 4.69) is 5.32 Å². The Balaban J connectivity index is 1.90. The molecular weight excluding hydrogens is 336 g/mol. The summed E-state index contributed by atoms with van der Waals surface area (Å²) in [5.41, 5.74) is 1.45. The van der Waals surface area contributed by atoms with E-state index in [-0.39, 0.29) is 11.8 Å². The summed E-state index contributed by atoms with van der Waals surface area (Å²) in [7, 11) is 0. The second kappa shape index (κ2) is 6.88. The van der Waals surface area contributed by atoms with Crippen molar-refractivity contribution in [3.63, 3.8) is 0 Å². The fourth-order valence-electron chi connectivity index (χ4n) is 2.77. The van der Waals surface area contributed by atoms with Crippen LogP contribution < -0.4 is 15.0 Å². The summed E-state index contributed by atoms with van der Waals surface area (Å²) in [6.45, 7) is 6.77. The van der Waals surface area contributed by atoms with Gasteiger partial charge in [-0.15, -0.1) is 0 Å². The fourth-order valence-corrected chi connectivity index (χ4v) is 3.40. The van der Waals surface area contributed by atoms with E-state index in [4.69, 9.17) is 4.74 Å². The number of rotatable bonds is 4. The molecule has 1 aromatic heterocycles. The molecule has 0 aliphatic carbocycles. The second-order valence-electron chi connectivity index (χ2n) is 6.78. The maximum atomic E-state index is 12.8. The summed E-state index contributed by atoms with van der Waals surface area (Å²) in [4.78, 5) is 26.8. The number of fused-ring (bicyclic) bond motifs is 1. The highest BCUT2D eigenvalue weighted by Crippen LogP contribution is 2.38. The Bertz CT molecular complexity index is 784. The van der Waals surface area contributed by atoms with Gasteiger partial charge in [0.25, 0.3) is 5.91 Å². The van der Waals surface area contributed by atoms with Crippen molar-refractivity contribution >= 4 is 34.5 Å². The van der Waals surface area contributed by atoms with Crippen LogP contribution in [-0.2, 0) is 4.79 Å². The molecule has 5 nitrogen and oxygen atoms in total. The van der Waals surface area contributed by atoms with Crippen molar-refractivity contribution in [1.82, 2.24) is 0 Å². The molecular formula is C19H22N2O3S. The monoisotopic (exact) mass is 358 g/mol. The number of hydrogen-bond donors (Lipinski definition) is 1. The minimum Gasteiger partial charge on any atom is -0.490 e. The lowest BCUT2D eigenvalue weighted by atomic mass is 9.93. The third-order valence-corrected chi connectivity index (χ3v) is 4.83. The van der Waals surface area contributed by atoms with E-state index >= 15 is 0 Å². The lowest BCUT2D eigenvalue weighted by molar-refractivity contribution is -0.127. The Hall–Kier alpha value is -2.34. The normalized spacial score (nSPS) is 16.0. The van der Waals surface area contributed by atoms with Crippen LogP contribution in [0.2, 0.25) is 0 Å². The van der Waals surface area contributed by atoms with Gasteiger partial charge in [-0.05, 0) is 43.8 Å². The Morgan fingerprint density at radius 3 is 2.84 bits per heavy atom. The molecule has 0 saturated heterocycles. The summed E-state index contributed by atoms with van der Waals surface area (Å²) >= 11 is 1.48. The Morgan fingerprint density at radius 2 is 2.16 bits per heavy atom. The van der Waals surface area contributed by atoms with Gasteiger partial charge in [-0.25, -0.2) is 0 Å². The van der Waals surface area contributed by atoms with Crippen molar-refractivity contribution in [2.24, 2.45) is 5.41 Å². The number of nitrogens with one attached hydrogen (secondary N) is 1. The number of thiophene rings is 1. The zero-order valence-corrected chi connectivity index (χ0v) is 15.5. The lowest BCUT2D eigenvalue weighted by Gasteiger charge is -2.27. The van der Waals surface area contributed by atoms with Crippen molar-refractivity contribution in [2.75, 3.05) is 23.4 Å². The predicted molar refractivity (Wildman–Crippen MR) is 101 cm³/mol. The highest BCUT2D eigenvalue weighted by Gasteiger charge is 2.37. The molecule has 0 unspecified atom stereocenters. The molecule has 0 radical (unpaired) electrons. The van der Waals surface area contributed by atoms with Gasteiger partial charge >= 0.3 is 0 Å². The molecule has 1 aliphatic heterocycles. The average molecular weight is 358 g/mol. The number of carbonyl (C=O) groups excluding carboxylic acids is 2. The minimum absolute atomic E-state index is 0.0585. The molecule has 0 atom stereocenters. The molecule has 0 fully saturated rings. The van der Waals surface area contributed by atoms with Gasteiger partial charge < -0.3 is 15.0 Å². The highest BCUT2D eigenvalue weighted by molar-refractivity contribution is 7.08. The van der Waals surface area contributed by atoms with Crippen molar-refractivity contribution in [2.45, 2.75) is 27.2 Å². The SMILES string of the molecule is CCCN1C(=O)C(C)(C)COc2cc(NC(=O)c3ccsc3)ccc21. The van der Waals surface area contributed by atoms with Crippen LogP contribution in [0.25, 0.3) is 0 Å². The quantitative estimate of drug-likeness (QED) is 0.893. The number of amides is 2. The predicted octanol–water partition coefficient (Wildman–Crippen LogP) is 4.16. The third kappa shape index (κ3) is 3.54. The number of hydrogen-bond acceptors (Lipinski definition) is 4. The van der Waals surface area contributed by atoms with Crippen LogP contribution in [0, 0.1) is 5.41 Å². The van der Waals surface area contributed by atoms with E-state index in [1.165, 1.54) is 11.3 Å². The molecule has 2 amide bonds. The largest absolute Gasteiger partial charge is 0.490 e. The maximum absolute atomic E-state index is 12.8. The maximum Gasteiger partial charge on any atom is 0.256 e. The molecule has 2 heterocycles. The Morgan fingerprint density at radius 1 is 1.36 bits per heavy atom. The molecule has 2 aromatic rings. The fraction of sp³-hybridized carbons (Fsp3) is 0.368. The highest BCUT2D eigenvalue weighted by atomic mass is 32.1. The van der Waals surface area contributed by atoms with E-state index in [1.54, 1.807) is 28.5 Å². The molecule has 3 rings (SSSR count). The second-order valence-corrected chi connectivity index (χ2v) is 7.56. The molecule has 25 heavy (non-hydrogen) atoms. The van der Waals surface area contributed by atoms with E-state index < -0.39 is 5.41 Å². The summed E-state index contributed by atoms with van der Waals surface area (Å²) < 4.78 is 5.91. The Kier molecular flexibility index (Phi) is 4.81. The summed E-state index contributed by atoms with van der Waals surface area (Å²) in [5, 5.41) is 6.55. The van der Waals surface area contributed by atoms with Crippen LogP contribution >= 0.6 is 11.3 Å². The van der Waals surface area contributed by atoms with Gasteiger partial charge in [-0.1, -0.05) is 6.92 Å². The van der Waals surface area contributed by atoms with Crippen molar-refractivity contribution in [1.29, 1.82) is 0 Å². The average Bonchev–Trinajstić information content (AvgIpc) is 3.10. The Labute approximate surface area is 151 Å². The number of nitrogens with zero attached hydrogens (tertiary/aromatic N) is 1. The lowest BCUT2D eigenvalue weighted by Crippen LogP contribution is -2.42. The molecule has 0 spiro atoms. The first kappa shape index (κ1) is 17.5. The van der Waals surface area contributed by atoms with E-state index in [1.807, 2.05) is 32.2 Å². The molecule has 1 aromatic carbocycles. The van der Waals surface area contributed by atoms with E-state index in [0.717, 1.165) is 12.1 Å². The summed E-state index contributed by atoms with van der Waals surface area (Å²) in [6.07, 6.45) is 0.859. The molecule has 132 valence electrons. The summed E-state index contributed by atoms with van der Waals surface area (Å²) in [6, 6.07) is 7.22. The molecule has 0 bridgehead atoms. The first-order valence-electron chi connectivity index (χ1n) is 8.35. The first-order chi connectivity index (χ1) is 11.9. The van der Waals surface area contributed by atoms with Crippen LogP contribution in [0.5, 0.6) is 5.75 Å². The minimum atomic E-state index is -0.589. The molecule has 6 heteroatoms. The van der Waals surface area contributed by atoms with Gasteiger partial charge in [-0.3, -0.25) is 9.59 Å². The number of carbonyl (C=O) groups is 2. The molecule has 1 N–H and O–H groups in total.